The van der Waals surface area contributed by atoms with Gasteiger partial charge >= 0.3 is 5.97 Å². The average Bonchev–Trinajstić information content (AvgIpc) is 3.47. The van der Waals surface area contributed by atoms with Gasteiger partial charge in [-0.3, -0.25) is 9.20 Å². The lowest BCUT2D eigenvalue weighted by molar-refractivity contribution is -0.0201. The van der Waals surface area contributed by atoms with Crippen molar-refractivity contribution >= 4 is 17.5 Å². The van der Waals surface area contributed by atoms with Gasteiger partial charge in [0.2, 0.25) is 0 Å². The number of aryl methyl sites for hydroxylation is 2. The van der Waals surface area contributed by atoms with Gasteiger partial charge in [-0.2, -0.15) is 0 Å². The number of hydrogen-bond donors (Lipinski definition) is 0. The molecule has 4 aromatic rings. The van der Waals surface area contributed by atoms with E-state index in [0.717, 1.165) is 11.1 Å². The summed E-state index contributed by atoms with van der Waals surface area (Å²) >= 11 is 0. The molecule has 1 fully saturated rings. The Labute approximate surface area is 202 Å². The van der Waals surface area contributed by atoms with Crippen LogP contribution in [-0.2, 0) is 9.47 Å². The zero-order valence-corrected chi connectivity index (χ0v) is 19.6. The van der Waals surface area contributed by atoms with Crippen molar-refractivity contribution in [1.82, 2.24) is 19.6 Å². The number of fused-ring (bicyclic) bond motifs is 1. The van der Waals surface area contributed by atoms with Crippen LogP contribution in [0.3, 0.4) is 0 Å². The number of rotatable bonds is 7. The standard InChI is InChI=1S/C27H26N4O4/c1-17-4-8-19(9-5-17)22(32)14-21-15-23(25-29-30-27-28-12-3-13-31(25)27)35-24(21)16-34-26(33)20-10-6-18(2)7-11-20/h3-13,21,23-24H,14-16H2,1-2H3/t21-,23-,24+/m0/s1. The molecule has 3 heterocycles. The number of ketones is 1. The number of hydrogen-bond acceptors (Lipinski definition) is 7. The van der Waals surface area contributed by atoms with Gasteiger partial charge in [0.15, 0.2) is 11.6 Å². The fourth-order valence-corrected chi connectivity index (χ4v) is 4.37. The van der Waals surface area contributed by atoms with Gasteiger partial charge in [-0.05, 0) is 44.4 Å². The molecule has 178 valence electrons. The Hall–Kier alpha value is -3.91. The third kappa shape index (κ3) is 4.97. The minimum absolute atomic E-state index is 0.0295. The number of Topliss-reactive ketones (excluding diaryl/α,β-unsaturated/α-hetero) is 1. The second-order valence-corrected chi connectivity index (χ2v) is 8.96. The summed E-state index contributed by atoms with van der Waals surface area (Å²) in [5.41, 5.74) is 3.30. The summed E-state index contributed by atoms with van der Waals surface area (Å²) in [6, 6.07) is 16.6. The number of nitrogens with zero attached hydrogens (tertiary/aromatic N) is 4. The van der Waals surface area contributed by atoms with E-state index in [-0.39, 0.29) is 24.7 Å². The quantitative estimate of drug-likeness (QED) is 0.293. The van der Waals surface area contributed by atoms with E-state index >= 15 is 0 Å². The molecular weight excluding hydrogens is 444 g/mol. The molecule has 35 heavy (non-hydrogen) atoms. The molecule has 2 aromatic carbocycles. The summed E-state index contributed by atoms with van der Waals surface area (Å²) in [6.45, 7) is 3.99. The predicted octanol–water partition coefficient (Wildman–Crippen LogP) is 4.32. The van der Waals surface area contributed by atoms with Crippen LogP contribution in [0.25, 0.3) is 5.78 Å². The van der Waals surface area contributed by atoms with Crippen LogP contribution in [0.5, 0.6) is 0 Å². The van der Waals surface area contributed by atoms with Gasteiger partial charge in [0, 0.05) is 24.4 Å². The van der Waals surface area contributed by atoms with Crippen molar-refractivity contribution in [2.75, 3.05) is 6.61 Å². The lowest BCUT2D eigenvalue weighted by atomic mass is 9.91. The first-order valence-corrected chi connectivity index (χ1v) is 11.6. The summed E-state index contributed by atoms with van der Waals surface area (Å²) in [7, 11) is 0. The Bertz CT molecular complexity index is 1350. The third-order valence-electron chi connectivity index (χ3n) is 6.37. The van der Waals surface area contributed by atoms with Crippen LogP contribution < -0.4 is 0 Å². The topological polar surface area (TPSA) is 95.7 Å². The molecule has 0 radical (unpaired) electrons. The van der Waals surface area contributed by atoms with E-state index in [1.165, 1.54) is 0 Å². The smallest absolute Gasteiger partial charge is 0.338 e. The number of esters is 1. The first kappa shape index (κ1) is 22.9. The van der Waals surface area contributed by atoms with E-state index in [1.807, 2.05) is 56.4 Å². The zero-order chi connectivity index (χ0) is 24.4. The second kappa shape index (κ2) is 9.76. The number of carbonyl (C=O) groups excluding carboxylic acids is 2. The van der Waals surface area contributed by atoms with Crippen molar-refractivity contribution < 1.29 is 19.1 Å². The maximum Gasteiger partial charge on any atom is 0.338 e. The summed E-state index contributed by atoms with van der Waals surface area (Å²) in [5, 5.41) is 8.40. The summed E-state index contributed by atoms with van der Waals surface area (Å²) < 4.78 is 13.7. The molecule has 0 bridgehead atoms. The molecule has 0 amide bonds. The third-order valence-corrected chi connectivity index (χ3v) is 6.37. The molecule has 1 aliphatic heterocycles. The van der Waals surface area contributed by atoms with Crippen LogP contribution in [0.15, 0.2) is 67.0 Å². The first-order valence-electron chi connectivity index (χ1n) is 11.6. The van der Waals surface area contributed by atoms with Crippen molar-refractivity contribution in [2.45, 2.75) is 38.9 Å². The molecule has 0 N–H and O–H groups in total. The highest BCUT2D eigenvalue weighted by Crippen LogP contribution is 2.39. The highest BCUT2D eigenvalue weighted by Gasteiger charge is 2.40. The number of benzene rings is 2. The number of aromatic nitrogens is 4. The lowest BCUT2D eigenvalue weighted by Crippen LogP contribution is -2.26. The molecular formula is C27H26N4O4. The number of ether oxygens (including phenoxy) is 2. The first-order chi connectivity index (χ1) is 17.0. The average molecular weight is 471 g/mol. The molecule has 0 aliphatic carbocycles. The molecule has 1 saturated heterocycles. The van der Waals surface area contributed by atoms with Crippen molar-refractivity contribution in [2.24, 2.45) is 5.92 Å². The molecule has 0 saturated carbocycles. The van der Waals surface area contributed by atoms with Crippen LogP contribution >= 0.6 is 0 Å². The normalized spacial score (nSPS) is 19.7. The van der Waals surface area contributed by atoms with Crippen LogP contribution in [0.2, 0.25) is 0 Å². The van der Waals surface area contributed by atoms with E-state index in [0.29, 0.717) is 29.1 Å². The Balaban J connectivity index is 1.34. The van der Waals surface area contributed by atoms with E-state index < -0.39 is 18.2 Å². The zero-order valence-electron chi connectivity index (χ0n) is 19.6. The number of carbonyl (C=O) groups is 2. The van der Waals surface area contributed by atoms with Crippen LogP contribution in [0.4, 0.5) is 0 Å². The molecule has 0 spiro atoms. The van der Waals surface area contributed by atoms with Crippen LogP contribution in [0, 0.1) is 19.8 Å². The highest BCUT2D eigenvalue weighted by molar-refractivity contribution is 5.96. The Morgan fingerprint density at radius 2 is 1.69 bits per heavy atom. The van der Waals surface area contributed by atoms with Crippen LogP contribution in [0.1, 0.15) is 56.6 Å². The molecule has 3 atom stereocenters. The molecule has 1 aliphatic rings. The highest BCUT2D eigenvalue weighted by atomic mass is 16.6. The maximum atomic E-state index is 13.0. The van der Waals surface area contributed by atoms with Crippen molar-refractivity contribution in [3.8, 4) is 0 Å². The van der Waals surface area contributed by atoms with Crippen molar-refractivity contribution in [3.05, 3.63) is 95.1 Å². The SMILES string of the molecule is Cc1ccc(C(=O)C[C@H]2C[C@@H](c3nnc4ncccn34)O[C@@H]2COC(=O)c2ccc(C)cc2)cc1. The summed E-state index contributed by atoms with van der Waals surface area (Å²) in [6.07, 6.45) is 3.47. The Morgan fingerprint density at radius 3 is 2.40 bits per heavy atom. The monoisotopic (exact) mass is 470 g/mol. The van der Waals surface area contributed by atoms with Gasteiger partial charge in [0.05, 0.1) is 11.7 Å². The maximum absolute atomic E-state index is 13.0. The van der Waals surface area contributed by atoms with Gasteiger partial charge < -0.3 is 9.47 Å². The Kier molecular flexibility index (Phi) is 6.37. The molecule has 0 unspecified atom stereocenters. The van der Waals surface area contributed by atoms with Crippen LogP contribution in [-0.4, -0.2) is 44.0 Å². The summed E-state index contributed by atoms with van der Waals surface area (Å²) in [4.78, 5) is 29.9. The van der Waals surface area contributed by atoms with Crippen molar-refractivity contribution in [1.29, 1.82) is 0 Å². The predicted molar refractivity (Wildman–Crippen MR) is 128 cm³/mol. The van der Waals surface area contributed by atoms with Gasteiger partial charge in [0.1, 0.15) is 12.7 Å². The molecule has 8 heteroatoms. The molecule has 8 nitrogen and oxygen atoms in total. The van der Waals surface area contributed by atoms with Gasteiger partial charge in [-0.15, -0.1) is 10.2 Å². The van der Waals surface area contributed by atoms with Crippen molar-refractivity contribution in [3.63, 3.8) is 0 Å². The Morgan fingerprint density at radius 1 is 1.00 bits per heavy atom. The minimum Gasteiger partial charge on any atom is -0.459 e. The largest absolute Gasteiger partial charge is 0.459 e. The second-order valence-electron chi connectivity index (χ2n) is 8.96. The van der Waals surface area contributed by atoms with E-state index in [2.05, 4.69) is 15.2 Å². The fraction of sp³-hybridized carbons (Fsp3) is 0.296. The summed E-state index contributed by atoms with van der Waals surface area (Å²) in [5.74, 6) is 0.559. The van der Waals surface area contributed by atoms with Gasteiger partial charge in [-0.25, -0.2) is 9.78 Å². The van der Waals surface area contributed by atoms with E-state index in [1.54, 1.807) is 28.8 Å². The molecule has 2 aromatic heterocycles. The van der Waals surface area contributed by atoms with Gasteiger partial charge in [-0.1, -0.05) is 47.5 Å². The fourth-order valence-electron chi connectivity index (χ4n) is 4.37. The minimum atomic E-state index is -0.451. The van der Waals surface area contributed by atoms with E-state index in [4.69, 9.17) is 9.47 Å². The molecule has 5 rings (SSSR count). The van der Waals surface area contributed by atoms with Gasteiger partial charge in [0.25, 0.3) is 5.78 Å². The van der Waals surface area contributed by atoms with E-state index in [9.17, 15) is 9.59 Å². The lowest BCUT2D eigenvalue weighted by Gasteiger charge is -2.18.